The highest BCUT2D eigenvalue weighted by Gasteiger charge is 2.40. The first-order valence-electron chi connectivity index (χ1n) is 11.7. The smallest absolute Gasteiger partial charge is 0.434 e. The number of carbonyl (C=O) groups excluding carboxylic acids is 1. The van der Waals surface area contributed by atoms with Crippen LogP contribution in [0.5, 0.6) is 5.75 Å². The molecule has 208 valence electrons. The second kappa shape index (κ2) is 10.7. The molecular weight excluding hydrogens is 526 g/mol. The van der Waals surface area contributed by atoms with Crippen molar-refractivity contribution < 1.29 is 40.6 Å². The van der Waals surface area contributed by atoms with Crippen molar-refractivity contribution in [1.29, 1.82) is 0 Å². The van der Waals surface area contributed by atoms with Gasteiger partial charge in [0.05, 0.1) is 25.2 Å². The SMILES string of the molecule is CC(CO[C@@H]1CCN(C2CCN(c3cnc(C(F)(F)F)cn3)CC2)C1=O)Oc1cn[nH]c(=O)c1C(F)(F)F. The Morgan fingerprint density at radius 2 is 1.71 bits per heavy atom. The third-order valence-electron chi connectivity index (χ3n) is 6.31. The Balaban J connectivity index is 1.27. The average Bonchev–Trinajstić information content (AvgIpc) is 3.21. The van der Waals surface area contributed by atoms with E-state index in [1.54, 1.807) is 14.9 Å². The minimum Gasteiger partial charge on any atom is -0.486 e. The van der Waals surface area contributed by atoms with Crippen LogP contribution in [0.3, 0.4) is 0 Å². The zero-order valence-electron chi connectivity index (χ0n) is 20.1. The number of H-pyrrole nitrogens is 1. The molecule has 4 heterocycles. The number of piperidine rings is 1. The molecule has 2 aromatic heterocycles. The first kappa shape index (κ1) is 27.6. The summed E-state index contributed by atoms with van der Waals surface area (Å²) in [6.45, 7) is 2.62. The predicted octanol–water partition coefficient (Wildman–Crippen LogP) is 2.65. The van der Waals surface area contributed by atoms with Gasteiger partial charge in [-0.3, -0.25) is 9.59 Å². The van der Waals surface area contributed by atoms with Crippen LogP contribution in [-0.2, 0) is 21.9 Å². The molecule has 38 heavy (non-hydrogen) atoms. The Kier molecular flexibility index (Phi) is 7.80. The number of ether oxygens (including phenoxy) is 2. The Hall–Kier alpha value is -3.43. The van der Waals surface area contributed by atoms with Gasteiger partial charge in [0.25, 0.3) is 11.5 Å². The number of anilines is 1. The summed E-state index contributed by atoms with van der Waals surface area (Å²) < 4.78 is 88.5. The van der Waals surface area contributed by atoms with Gasteiger partial charge in [-0.05, 0) is 19.8 Å². The van der Waals surface area contributed by atoms with Crippen molar-refractivity contribution in [3.8, 4) is 5.75 Å². The van der Waals surface area contributed by atoms with Crippen LogP contribution in [0.1, 0.15) is 37.4 Å². The molecule has 2 aliphatic heterocycles. The van der Waals surface area contributed by atoms with Crippen molar-refractivity contribution in [2.75, 3.05) is 31.1 Å². The van der Waals surface area contributed by atoms with Crippen LogP contribution in [-0.4, -0.2) is 75.5 Å². The molecule has 16 heteroatoms. The molecule has 0 saturated carbocycles. The zero-order chi connectivity index (χ0) is 27.7. The molecule has 2 saturated heterocycles. The van der Waals surface area contributed by atoms with E-state index in [0.717, 1.165) is 12.4 Å². The molecule has 0 radical (unpaired) electrons. The van der Waals surface area contributed by atoms with Gasteiger partial charge in [0.1, 0.15) is 18.0 Å². The maximum atomic E-state index is 13.2. The maximum absolute atomic E-state index is 13.2. The number of rotatable bonds is 7. The first-order chi connectivity index (χ1) is 17.8. The number of nitrogens with zero attached hydrogens (tertiary/aromatic N) is 5. The minimum absolute atomic E-state index is 0.0973. The van der Waals surface area contributed by atoms with Gasteiger partial charge < -0.3 is 19.3 Å². The number of aromatic nitrogens is 4. The van der Waals surface area contributed by atoms with Crippen LogP contribution in [0.4, 0.5) is 32.2 Å². The number of nitrogens with one attached hydrogen (secondary N) is 1. The Labute approximate surface area is 211 Å². The molecule has 1 N–H and O–H groups in total. The second-order valence-corrected chi connectivity index (χ2v) is 8.98. The van der Waals surface area contributed by atoms with E-state index in [1.165, 1.54) is 6.92 Å². The molecular formula is C22H24F6N6O4. The molecule has 1 amide bonds. The molecule has 0 aromatic carbocycles. The van der Waals surface area contributed by atoms with Crippen LogP contribution < -0.4 is 15.2 Å². The highest BCUT2D eigenvalue weighted by atomic mass is 19.4. The fraction of sp³-hybridized carbons (Fsp3) is 0.591. The summed E-state index contributed by atoms with van der Waals surface area (Å²) in [5.41, 5.74) is -4.00. The lowest BCUT2D eigenvalue weighted by molar-refractivity contribution is -0.142. The van der Waals surface area contributed by atoms with Crippen molar-refractivity contribution in [3.63, 3.8) is 0 Å². The van der Waals surface area contributed by atoms with Gasteiger partial charge >= 0.3 is 12.4 Å². The van der Waals surface area contributed by atoms with Gasteiger partial charge in [0.15, 0.2) is 17.0 Å². The van der Waals surface area contributed by atoms with Crippen LogP contribution in [0.2, 0.25) is 0 Å². The largest absolute Gasteiger partial charge is 0.486 e. The number of halogens is 6. The van der Waals surface area contributed by atoms with Gasteiger partial charge in [-0.25, -0.2) is 15.1 Å². The van der Waals surface area contributed by atoms with E-state index < -0.39 is 47.1 Å². The van der Waals surface area contributed by atoms with Gasteiger partial charge in [0, 0.05) is 32.1 Å². The maximum Gasteiger partial charge on any atom is 0.434 e. The molecule has 10 nitrogen and oxygen atoms in total. The summed E-state index contributed by atoms with van der Waals surface area (Å²) in [5.74, 6) is -0.663. The lowest BCUT2D eigenvalue weighted by atomic mass is 10.0. The summed E-state index contributed by atoms with van der Waals surface area (Å²) in [6.07, 6.45) is -7.17. The summed E-state index contributed by atoms with van der Waals surface area (Å²) in [5, 5.41) is 5.06. The van der Waals surface area contributed by atoms with Gasteiger partial charge in [-0.15, -0.1) is 0 Å². The molecule has 0 bridgehead atoms. The number of amides is 1. The summed E-state index contributed by atoms with van der Waals surface area (Å²) in [7, 11) is 0. The first-order valence-corrected chi connectivity index (χ1v) is 11.7. The fourth-order valence-corrected chi connectivity index (χ4v) is 4.47. The summed E-state index contributed by atoms with van der Waals surface area (Å²) in [4.78, 5) is 35.2. The van der Waals surface area contributed by atoms with E-state index in [2.05, 4.69) is 15.1 Å². The number of hydrogen-bond acceptors (Lipinski definition) is 8. The van der Waals surface area contributed by atoms with Crippen LogP contribution >= 0.6 is 0 Å². The third-order valence-corrected chi connectivity index (χ3v) is 6.31. The molecule has 0 aliphatic carbocycles. The van der Waals surface area contributed by atoms with Gasteiger partial charge in [-0.2, -0.15) is 31.4 Å². The minimum atomic E-state index is -4.94. The number of hydrogen-bond donors (Lipinski definition) is 1. The van der Waals surface area contributed by atoms with Crippen molar-refractivity contribution in [1.82, 2.24) is 25.1 Å². The van der Waals surface area contributed by atoms with Crippen LogP contribution in [0, 0.1) is 0 Å². The topological polar surface area (TPSA) is 114 Å². The average molecular weight is 550 g/mol. The Morgan fingerprint density at radius 1 is 1.00 bits per heavy atom. The van der Waals surface area contributed by atoms with Crippen molar-refractivity contribution in [2.45, 2.75) is 56.8 Å². The summed E-state index contributed by atoms with van der Waals surface area (Å²) in [6, 6.07) is -0.0973. The zero-order valence-corrected chi connectivity index (χ0v) is 20.1. The molecule has 2 atom stereocenters. The van der Waals surface area contributed by atoms with Gasteiger partial charge in [0.2, 0.25) is 0 Å². The molecule has 1 unspecified atom stereocenters. The second-order valence-electron chi connectivity index (χ2n) is 8.98. The van der Waals surface area contributed by atoms with E-state index in [1.807, 2.05) is 0 Å². The molecule has 0 spiro atoms. The Morgan fingerprint density at radius 3 is 2.32 bits per heavy atom. The van der Waals surface area contributed by atoms with E-state index in [0.29, 0.717) is 50.9 Å². The third kappa shape index (κ3) is 6.16. The van der Waals surface area contributed by atoms with E-state index in [9.17, 15) is 35.9 Å². The van der Waals surface area contributed by atoms with Gasteiger partial charge in [-0.1, -0.05) is 0 Å². The standard InChI is InChI=1S/C22H24F6N6O4/c1-12(38-15-8-31-32-19(35)18(15)22(26,27)28)11-37-14-4-7-34(20(14)36)13-2-5-33(6-3-13)17-10-29-16(9-30-17)21(23,24)25/h8-10,12-14H,2-7,11H2,1H3,(H,32,35)/t12?,14-/m1/s1. The van der Waals surface area contributed by atoms with Crippen molar-refractivity contribution in [2.24, 2.45) is 0 Å². The van der Waals surface area contributed by atoms with E-state index in [-0.39, 0.29) is 18.6 Å². The van der Waals surface area contributed by atoms with Crippen LogP contribution in [0.15, 0.2) is 23.4 Å². The predicted molar refractivity (Wildman–Crippen MR) is 118 cm³/mol. The van der Waals surface area contributed by atoms with Crippen molar-refractivity contribution >= 4 is 11.7 Å². The Bertz CT molecular complexity index is 1180. The highest BCUT2D eigenvalue weighted by molar-refractivity contribution is 5.83. The molecule has 2 fully saturated rings. The number of carbonyl (C=O) groups is 1. The van der Waals surface area contributed by atoms with E-state index in [4.69, 9.17) is 9.47 Å². The number of alkyl halides is 6. The highest BCUT2D eigenvalue weighted by Crippen LogP contribution is 2.33. The lowest BCUT2D eigenvalue weighted by Crippen LogP contribution is -2.47. The monoisotopic (exact) mass is 550 g/mol. The van der Waals surface area contributed by atoms with Crippen LogP contribution in [0.25, 0.3) is 0 Å². The van der Waals surface area contributed by atoms with E-state index >= 15 is 0 Å². The fourth-order valence-electron chi connectivity index (χ4n) is 4.47. The molecule has 2 aromatic rings. The summed E-state index contributed by atoms with van der Waals surface area (Å²) >= 11 is 0. The quantitative estimate of drug-likeness (QED) is 0.524. The lowest BCUT2D eigenvalue weighted by Gasteiger charge is -2.37. The number of aromatic amines is 1. The van der Waals surface area contributed by atoms with Crippen molar-refractivity contribution in [3.05, 3.63) is 40.2 Å². The molecule has 4 rings (SSSR count). The number of likely N-dealkylation sites (tertiary alicyclic amines) is 1. The molecule has 2 aliphatic rings. The normalized spacial score (nSPS) is 20.2.